The van der Waals surface area contributed by atoms with Crippen LogP contribution in [0.2, 0.25) is 0 Å². The largest absolute Gasteiger partial charge is 0.327 e. The van der Waals surface area contributed by atoms with E-state index >= 15 is 0 Å². The van der Waals surface area contributed by atoms with Crippen molar-refractivity contribution in [3.8, 4) is 0 Å². The minimum Gasteiger partial charge on any atom is -0.327 e. The van der Waals surface area contributed by atoms with Crippen LogP contribution in [-0.2, 0) is 13.1 Å². The molecule has 0 saturated carbocycles. The Kier molecular flexibility index (Phi) is 4.06. The number of benzene rings is 1. The van der Waals surface area contributed by atoms with E-state index in [-0.39, 0.29) is 5.82 Å². The summed E-state index contributed by atoms with van der Waals surface area (Å²) in [6.07, 6.45) is 4.15. The van der Waals surface area contributed by atoms with Crippen molar-refractivity contribution in [1.82, 2.24) is 24.6 Å². The Morgan fingerprint density at radius 2 is 2.25 bits per heavy atom. The van der Waals surface area contributed by atoms with Crippen LogP contribution in [0.4, 0.5) is 4.39 Å². The van der Waals surface area contributed by atoms with Crippen LogP contribution in [0.3, 0.4) is 0 Å². The van der Waals surface area contributed by atoms with Gasteiger partial charge in [-0.1, -0.05) is 6.07 Å². The molecule has 1 N–H and O–H groups in total. The first kappa shape index (κ1) is 15.3. The second-order valence-electron chi connectivity index (χ2n) is 6.47. The average Bonchev–Trinajstić information content (AvgIpc) is 3.23. The number of aromatic amines is 1. The van der Waals surface area contributed by atoms with Crippen molar-refractivity contribution in [1.29, 1.82) is 0 Å². The molecule has 0 amide bonds. The molecule has 3 heterocycles. The Hall–Kier alpha value is -2.21. The average molecular weight is 327 g/mol. The smallest absolute Gasteiger partial charge is 0.151 e. The summed E-state index contributed by atoms with van der Waals surface area (Å²) in [4.78, 5) is 7.01. The van der Waals surface area contributed by atoms with E-state index < -0.39 is 0 Å². The molecule has 0 bridgehead atoms. The molecule has 3 aromatic rings. The van der Waals surface area contributed by atoms with Gasteiger partial charge in [0.25, 0.3) is 0 Å². The fraction of sp³-hybridized carbons (Fsp3) is 0.444. The minimum absolute atomic E-state index is 0.241. The van der Waals surface area contributed by atoms with Gasteiger partial charge in [0.1, 0.15) is 11.3 Å². The van der Waals surface area contributed by atoms with Crippen molar-refractivity contribution in [3.05, 3.63) is 47.8 Å². The number of aryl methyl sites for hydroxylation is 1. The summed E-state index contributed by atoms with van der Waals surface area (Å²) in [5.41, 5.74) is 2.57. The van der Waals surface area contributed by atoms with Crippen LogP contribution in [0.5, 0.6) is 0 Å². The molecule has 4 rings (SSSR count). The van der Waals surface area contributed by atoms with Crippen molar-refractivity contribution in [3.63, 3.8) is 0 Å². The van der Waals surface area contributed by atoms with E-state index in [2.05, 4.69) is 37.6 Å². The number of halogens is 1. The number of hydrogen-bond donors (Lipinski definition) is 1. The molecule has 1 atom stereocenters. The second-order valence-corrected chi connectivity index (χ2v) is 6.47. The van der Waals surface area contributed by atoms with Crippen LogP contribution in [0.15, 0.2) is 30.5 Å². The number of H-pyrrole nitrogens is 1. The number of piperidine rings is 1. The summed E-state index contributed by atoms with van der Waals surface area (Å²) < 4.78 is 16.2. The third-order valence-corrected chi connectivity index (χ3v) is 4.96. The predicted molar refractivity (Wildman–Crippen MR) is 91.2 cm³/mol. The number of fused-ring (bicyclic) bond motifs is 1. The van der Waals surface area contributed by atoms with E-state index in [1.807, 2.05) is 12.3 Å². The Balaban J connectivity index is 1.58. The third kappa shape index (κ3) is 2.71. The van der Waals surface area contributed by atoms with Crippen LogP contribution in [-0.4, -0.2) is 37.7 Å². The van der Waals surface area contributed by atoms with Crippen molar-refractivity contribution in [2.24, 2.45) is 0 Å². The van der Waals surface area contributed by atoms with Gasteiger partial charge in [0.2, 0.25) is 0 Å². The van der Waals surface area contributed by atoms with Gasteiger partial charge in [0.05, 0.1) is 12.1 Å². The topological polar surface area (TPSA) is 49.7 Å². The van der Waals surface area contributed by atoms with Gasteiger partial charge >= 0.3 is 0 Å². The zero-order chi connectivity index (χ0) is 16.5. The highest BCUT2D eigenvalue weighted by Crippen LogP contribution is 2.27. The van der Waals surface area contributed by atoms with E-state index in [0.717, 1.165) is 43.9 Å². The molecule has 0 spiro atoms. The van der Waals surface area contributed by atoms with E-state index in [1.165, 1.54) is 18.2 Å². The van der Waals surface area contributed by atoms with Gasteiger partial charge in [-0.3, -0.25) is 10.00 Å². The molecule has 0 aliphatic carbocycles. The van der Waals surface area contributed by atoms with Crippen molar-refractivity contribution < 1.29 is 4.39 Å². The Bertz CT molecular complexity index is 823. The number of hydrogen-bond acceptors (Lipinski definition) is 3. The lowest BCUT2D eigenvalue weighted by Gasteiger charge is -2.31. The van der Waals surface area contributed by atoms with Crippen molar-refractivity contribution in [2.75, 3.05) is 13.1 Å². The summed E-state index contributed by atoms with van der Waals surface area (Å²) in [7, 11) is 0. The minimum atomic E-state index is -0.241. The van der Waals surface area contributed by atoms with Gasteiger partial charge in [-0.05, 0) is 44.5 Å². The molecule has 1 aliphatic heterocycles. The van der Waals surface area contributed by atoms with Crippen LogP contribution in [0.25, 0.3) is 11.0 Å². The second kappa shape index (κ2) is 6.36. The molecule has 0 unspecified atom stereocenters. The number of likely N-dealkylation sites (tertiary alicyclic amines) is 1. The Labute approximate surface area is 140 Å². The van der Waals surface area contributed by atoms with Gasteiger partial charge in [-0.25, -0.2) is 9.37 Å². The fourth-order valence-corrected chi connectivity index (χ4v) is 3.78. The van der Waals surface area contributed by atoms with Gasteiger partial charge in [0.15, 0.2) is 5.82 Å². The normalized spacial score (nSPS) is 19.2. The van der Waals surface area contributed by atoms with E-state index in [4.69, 9.17) is 0 Å². The van der Waals surface area contributed by atoms with E-state index in [0.29, 0.717) is 11.4 Å². The van der Waals surface area contributed by atoms with Crippen LogP contribution in [0, 0.1) is 5.82 Å². The number of nitrogens with one attached hydrogen (secondary N) is 1. The Morgan fingerprint density at radius 1 is 1.33 bits per heavy atom. The lowest BCUT2D eigenvalue weighted by Crippen LogP contribution is -2.34. The highest BCUT2D eigenvalue weighted by molar-refractivity contribution is 5.76. The van der Waals surface area contributed by atoms with Gasteiger partial charge in [-0.2, -0.15) is 5.10 Å². The first-order chi connectivity index (χ1) is 11.8. The zero-order valence-corrected chi connectivity index (χ0v) is 13.9. The summed E-state index contributed by atoms with van der Waals surface area (Å²) in [6, 6.07) is 7.24. The molecule has 1 aromatic carbocycles. The quantitative estimate of drug-likeness (QED) is 0.800. The van der Waals surface area contributed by atoms with Gasteiger partial charge in [0, 0.05) is 30.9 Å². The van der Waals surface area contributed by atoms with Gasteiger partial charge < -0.3 is 4.57 Å². The maximum Gasteiger partial charge on any atom is 0.151 e. The lowest BCUT2D eigenvalue weighted by atomic mass is 9.95. The predicted octanol–water partition coefficient (Wildman–Crippen LogP) is 3.30. The molecule has 126 valence electrons. The number of para-hydroxylation sites is 1. The zero-order valence-electron chi connectivity index (χ0n) is 13.9. The third-order valence-electron chi connectivity index (χ3n) is 4.96. The fourth-order valence-electron chi connectivity index (χ4n) is 3.78. The van der Waals surface area contributed by atoms with Crippen LogP contribution in [0.1, 0.15) is 37.2 Å². The summed E-state index contributed by atoms with van der Waals surface area (Å²) >= 11 is 0. The SMILES string of the molecule is CCn1c(CN2CCC[C@@H](c3ccn[nH]3)C2)nc2c(F)cccc21. The number of imidazole rings is 1. The Morgan fingerprint density at radius 3 is 3.04 bits per heavy atom. The van der Waals surface area contributed by atoms with Gasteiger partial charge in [-0.15, -0.1) is 0 Å². The van der Waals surface area contributed by atoms with E-state index in [9.17, 15) is 4.39 Å². The molecule has 24 heavy (non-hydrogen) atoms. The summed E-state index contributed by atoms with van der Waals surface area (Å²) in [5, 5.41) is 7.17. The monoisotopic (exact) mass is 327 g/mol. The molecular formula is C18H22FN5. The lowest BCUT2D eigenvalue weighted by molar-refractivity contribution is 0.192. The summed E-state index contributed by atoms with van der Waals surface area (Å²) in [6.45, 7) is 5.68. The number of rotatable bonds is 4. The maximum atomic E-state index is 14.0. The maximum absolute atomic E-state index is 14.0. The molecular weight excluding hydrogens is 305 g/mol. The molecule has 1 fully saturated rings. The standard InChI is InChI=1S/C18H22FN5/c1-2-24-16-7-3-6-14(19)18(16)21-17(24)12-23-10-4-5-13(11-23)15-8-9-20-22-15/h3,6-9,13H,2,4-5,10-12H2,1H3,(H,20,22)/t13-/m1/s1. The molecule has 5 nitrogen and oxygen atoms in total. The highest BCUT2D eigenvalue weighted by Gasteiger charge is 2.24. The van der Waals surface area contributed by atoms with Crippen molar-refractivity contribution in [2.45, 2.75) is 38.8 Å². The molecule has 1 saturated heterocycles. The molecule has 1 aliphatic rings. The van der Waals surface area contributed by atoms with Crippen LogP contribution < -0.4 is 0 Å². The first-order valence-electron chi connectivity index (χ1n) is 8.61. The number of nitrogens with zero attached hydrogens (tertiary/aromatic N) is 4. The van der Waals surface area contributed by atoms with E-state index in [1.54, 1.807) is 6.07 Å². The molecule has 0 radical (unpaired) electrons. The highest BCUT2D eigenvalue weighted by atomic mass is 19.1. The van der Waals surface area contributed by atoms with Crippen molar-refractivity contribution >= 4 is 11.0 Å². The first-order valence-corrected chi connectivity index (χ1v) is 8.61. The summed E-state index contributed by atoms with van der Waals surface area (Å²) in [5.74, 6) is 1.19. The molecule has 6 heteroatoms. The van der Waals surface area contributed by atoms with Crippen LogP contribution >= 0.6 is 0 Å². The number of aromatic nitrogens is 4. The molecule has 2 aromatic heterocycles.